The maximum absolute atomic E-state index is 14.2. The van der Waals surface area contributed by atoms with Crippen molar-refractivity contribution in [3.8, 4) is 12.3 Å². The van der Waals surface area contributed by atoms with Gasteiger partial charge in [-0.15, -0.1) is 6.42 Å². The van der Waals surface area contributed by atoms with Crippen LogP contribution in [0.1, 0.15) is 117 Å². The standard InChI is InChI=1S/C32H51N3O4/c1-9-12-14-15-19-23-35(30(37)27(24(4)5)34-31(38)39-32(6,7)8)28(29(36)33-22-18-13-10-2)26-21-17-16-20-25(26)11-3/h3,16-17,20-21,24,27-28H,9-10,12-15,18-19,22-23H2,1-2,4-8H3,(H,33,36)(H,34,38). The number of nitrogens with zero attached hydrogens (tertiary/aromatic N) is 1. The summed E-state index contributed by atoms with van der Waals surface area (Å²) in [6.45, 7) is 14.2. The molecule has 3 amide bonds. The van der Waals surface area contributed by atoms with Crippen LogP contribution >= 0.6 is 0 Å². The van der Waals surface area contributed by atoms with Gasteiger partial charge in [-0.05, 0) is 51.2 Å². The van der Waals surface area contributed by atoms with Gasteiger partial charge in [0, 0.05) is 18.7 Å². The second kappa shape index (κ2) is 17.6. The Bertz CT molecular complexity index is 945. The lowest BCUT2D eigenvalue weighted by atomic mass is 9.95. The molecule has 1 aromatic rings. The van der Waals surface area contributed by atoms with E-state index >= 15 is 0 Å². The third kappa shape index (κ3) is 12.1. The summed E-state index contributed by atoms with van der Waals surface area (Å²) in [5.74, 6) is 1.86. The molecule has 0 aromatic heterocycles. The van der Waals surface area contributed by atoms with Crippen molar-refractivity contribution in [1.82, 2.24) is 15.5 Å². The minimum absolute atomic E-state index is 0.233. The first-order valence-corrected chi connectivity index (χ1v) is 14.6. The summed E-state index contributed by atoms with van der Waals surface area (Å²) in [4.78, 5) is 42.3. The van der Waals surface area contributed by atoms with Crippen molar-refractivity contribution in [2.45, 2.75) is 118 Å². The molecule has 0 bridgehead atoms. The molecule has 2 unspecified atom stereocenters. The van der Waals surface area contributed by atoms with Gasteiger partial charge in [0.25, 0.3) is 0 Å². The third-order valence-electron chi connectivity index (χ3n) is 6.44. The molecule has 0 spiro atoms. The van der Waals surface area contributed by atoms with Crippen molar-refractivity contribution in [1.29, 1.82) is 0 Å². The molecule has 2 atom stereocenters. The predicted molar refractivity (Wildman–Crippen MR) is 158 cm³/mol. The van der Waals surface area contributed by atoms with E-state index in [0.717, 1.165) is 51.4 Å². The second-order valence-electron chi connectivity index (χ2n) is 11.4. The number of ether oxygens (including phenoxy) is 1. The second-order valence-corrected chi connectivity index (χ2v) is 11.4. The molecule has 218 valence electrons. The summed E-state index contributed by atoms with van der Waals surface area (Å²) in [5.41, 5.74) is 0.464. The maximum Gasteiger partial charge on any atom is 0.408 e. The highest BCUT2D eigenvalue weighted by Gasteiger charge is 2.38. The van der Waals surface area contributed by atoms with Crippen molar-refractivity contribution in [2.24, 2.45) is 5.92 Å². The zero-order chi connectivity index (χ0) is 29.4. The molecule has 0 aliphatic heterocycles. The fourth-order valence-electron chi connectivity index (χ4n) is 4.38. The van der Waals surface area contributed by atoms with E-state index in [2.05, 4.69) is 30.4 Å². The van der Waals surface area contributed by atoms with Crippen LogP contribution in [0.25, 0.3) is 0 Å². The van der Waals surface area contributed by atoms with Gasteiger partial charge < -0.3 is 20.3 Å². The van der Waals surface area contributed by atoms with E-state index < -0.39 is 23.8 Å². The highest BCUT2D eigenvalue weighted by atomic mass is 16.6. The molecule has 0 heterocycles. The number of hydrogen-bond donors (Lipinski definition) is 2. The fraction of sp³-hybridized carbons (Fsp3) is 0.656. The number of nitrogens with one attached hydrogen (secondary N) is 2. The quantitative estimate of drug-likeness (QED) is 0.188. The number of alkyl carbamates (subject to hydrolysis) is 1. The van der Waals surface area contributed by atoms with Gasteiger partial charge in [0.05, 0.1) is 0 Å². The van der Waals surface area contributed by atoms with Crippen molar-refractivity contribution >= 4 is 17.9 Å². The van der Waals surface area contributed by atoms with E-state index in [-0.39, 0.29) is 17.7 Å². The highest BCUT2D eigenvalue weighted by Crippen LogP contribution is 2.27. The van der Waals surface area contributed by atoms with Gasteiger partial charge in [0.2, 0.25) is 11.8 Å². The van der Waals surface area contributed by atoms with Crippen LogP contribution in [0.4, 0.5) is 4.79 Å². The number of carbonyl (C=O) groups excluding carboxylic acids is 3. The van der Waals surface area contributed by atoms with Crippen LogP contribution in [0.15, 0.2) is 24.3 Å². The number of unbranched alkanes of at least 4 members (excludes halogenated alkanes) is 6. The molecule has 39 heavy (non-hydrogen) atoms. The van der Waals surface area contributed by atoms with Crippen molar-refractivity contribution in [3.05, 3.63) is 35.4 Å². The molecular weight excluding hydrogens is 490 g/mol. The number of carbonyl (C=O) groups is 3. The molecule has 1 rings (SSSR count). The summed E-state index contributed by atoms with van der Waals surface area (Å²) in [6, 6.07) is 5.47. The average molecular weight is 542 g/mol. The summed E-state index contributed by atoms with van der Waals surface area (Å²) in [7, 11) is 0. The molecule has 0 radical (unpaired) electrons. The molecule has 0 aliphatic rings. The smallest absolute Gasteiger partial charge is 0.408 e. The van der Waals surface area contributed by atoms with E-state index in [4.69, 9.17) is 11.2 Å². The van der Waals surface area contributed by atoms with Crippen LogP contribution in [0.3, 0.4) is 0 Å². The number of rotatable bonds is 16. The fourth-order valence-corrected chi connectivity index (χ4v) is 4.38. The van der Waals surface area contributed by atoms with Gasteiger partial charge in [-0.1, -0.05) is 90.3 Å². The first-order valence-electron chi connectivity index (χ1n) is 14.6. The highest BCUT2D eigenvalue weighted by molar-refractivity contribution is 5.92. The maximum atomic E-state index is 14.2. The normalized spacial score (nSPS) is 12.8. The van der Waals surface area contributed by atoms with E-state index in [1.54, 1.807) is 31.7 Å². The largest absolute Gasteiger partial charge is 0.444 e. The van der Waals surface area contributed by atoms with Crippen LogP contribution in [0.5, 0.6) is 0 Å². The lowest BCUT2D eigenvalue weighted by Crippen LogP contribution is -2.55. The van der Waals surface area contributed by atoms with Crippen LogP contribution < -0.4 is 10.6 Å². The average Bonchev–Trinajstić information content (AvgIpc) is 2.87. The minimum Gasteiger partial charge on any atom is -0.444 e. The number of benzene rings is 1. The van der Waals surface area contributed by atoms with Crippen molar-refractivity contribution in [3.63, 3.8) is 0 Å². The van der Waals surface area contributed by atoms with Crippen molar-refractivity contribution < 1.29 is 19.1 Å². The molecule has 0 fully saturated rings. The van der Waals surface area contributed by atoms with Crippen LogP contribution in [0.2, 0.25) is 0 Å². The molecule has 7 heteroatoms. The zero-order valence-electron chi connectivity index (χ0n) is 25.3. The predicted octanol–water partition coefficient (Wildman–Crippen LogP) is 6.36. The molecule has 1 aromatic carbocycles. The first kappa shape index (κ1) is 34.0. The number of hydrogen-bond acceptors (Lipinski definition) is 4. The van der Waals surface area contributed by atoms with Gasteiger partial charge in [-0.25, -0.2) is 4.79 Å². The monoisotopic (exact) mass is 541 g/mol. The Morgan fingerprint density at radius 3 is 2.18 bits per heavy atom. The molecule has 0 aliphatic carbocycles. The molecule has 0 saturated carbocycles. The van der Waals surface area contributed by atoms with E-state index in [1.807, 2.05) is 32.0 Å². The number of amides is 3. The van der Waals surface area contributed by atoms with Gasteiger partial charge in [0.1, 0.15) is 17.7 Å². The van der Waals surface area contributed by atoms with Gasteiger partial charge in [0.15, 0.2) is 0 Å². The molecule has 2 N–H and O–H groups in total. The topological polar surface area (TPSA) is 87.7 Å². The van der Waals surface area contributed by atoms with Crippen LogP contribution in [-0.2, 0) is 14.3 Å². The van der Waals surface area contributed by atoms with Crippen molar-refractivity contribution in [2.75, 3.05) is 13.1 Å². The van der Waals surface area contributed by atoms with Gasteiger partial charge >= 0.3 is 6.09 Å². The summed E-state index contributed by atoms with van der Waals surface area (Å²) in [5, 5.41) is 5.81. The Kier molecular flexibility index (Phi) is 15.3. The van der Waals surface area contributed by atoms with E-state index in [1.165, 1.54) is 0 Å². The first-order chi connectivity index (χ1) is 18.5. The SMILES string of the molecule is C#Cc1ccccc1C(C(=O)NCCCCC)N(CCCCCCC)C(=O)C(NC(=O)OC(C)(C)C)C(C)C. The van der Waals surface area contributed by atoms with Crippen LogP contribution in [-0.4, -0.2) is 47.5 Å². The zero-order valence-corrected chi connectivity index (χ0v) is 25.3. The number of terminal acetylenes is 1. The van der Waals surface area contributed by atoms with Gasteiger partial charge in [-0.2, -0.15) is 0 Å². The van der Waals surface area contributed by atoms with Gasteiger partial charge in [-0.3, -0.25) is 9.59 Å². The Morgan fingerprint density at radius 1 is 0.974 bits per heavy atom. The van der Waals surface area contributed by atoms with E-state index in [0.29, 0.717) is 24.2 Å². The third-order valence-corrected chi connectivity index (χ3v) is 6.44. The summed E-state index contributed by atoms with van der Waals surface area (Å²) in [6.07, 6.45) is 13.0. The lowest BCUT2D eigenvalue weighted by Gasteiger charge is -2.36. The molecule has 0 saturated heterocycles. The summed E-state index contributed by atoms with van der Waals surface area (Å²) < 4.78 is 5.45. The lowest BCUT2D eigenvalue weighted by molar-refractivity contribution is -0.143. The molecule has 7 nitrogen and oxygen atoms in total. The Hall–Kier alpha value is -3.01. The van der Waals surface area contributed by atoms with Crippen LogP contribution in [0, 0.1) is 18.3 Å². The Morgan fingerprint density at radius 2 is 1.59 bits per heavy atom. The molecular formula is C32H51N3O4. The Balaban J connectivity index is 3.48. The van der Waals surface area contributed by atoms with E-state index in [9.17, 15) is 14.4 Å². The minimum atomic E-state index is -0.917. The summed E-state index contributed by atoms with van der Waals surface area (Å²) >= 11 is 0. The Labute approximate surface area is 236 Å².